The molecule has 3 aromatic heterocycles. The predicted octanol–water partition coefficient (Wildman–Crippen LogP) is 10.7. The molecule has 712 valence electrons. The second-order valence-corrected chi connectivity index (χ2v) is 40.2. The number of thioether (sulfide) groups is 2. The molecule has 6 amide bonds. The second kappa shape index (κ2) is 47.9. The van der Waals surface area contributed by atoms with Crippen LogP contribution in [0.1, 0.15) is 172 Å². The van der Waals surface area contributed by atoms with Crippen LogP contribution in [0.15, 0.2) is 170 Å². The van der Waals surface area contributed by atoms with E-state index < -0.39 is 138 Å². The summed E-state index contributed by atoms with van der Waals surface area (Å²) in [4.78, 5) is 183. The van der Waals surface area contributed by atoms with Crippen molar-refractivity contribution in [2.24, 2.45) is 47.0 Å². The van der Waals surface area contributed by atoms with Crippen LogP contribution in [0.3, 0.4) is 0 Å². The molecule has 6 aromatic carbocycles. The topological polar surface area (TPSA) is 422 Å². The lowest BCUT2D eigenvalue weighted by molar-refractivity contribution is -0.137. The largest absolute Gasteiger partial charge is 0.393 e. The number of rotatable bonds is 35. The molecular weight excluding hydrogens is 1730 g/mol. The third kappa shape index (κ3) is 26.3. The lowest BCUT2D eigenvalue weighted by Gasteiger charge is -2.45. The lowest BCUT2D eigenvalue weighted by atomic mass is 9.73. The van der Waals surface area contributed by atoms with Gasteiger partial charge < -0.3 is 78.5 Å². The maximum atomic E-state index is 15.9. The summed E-state index contributed by atoms with van der Waals surface area (Å²) >= 11 is 3.19. The zero-order chi connectivity index (χ0) is 94.3. The van der Waals surface area contributed by atoms with Crippen LogP contribution >= 0.6 is 23.5 Å². The highest BCUT2D eigenvalue weighted by atomic mass is 32.2. The number of guanidine groups is 1. The van der Waals surface area contributed by atoms with E-state index in [0.29, 0.717) is 102 Å². The van der Waals surface area contributed by atoms with Gasteiger partial charge in [-0.3, -0.25) is 58.1 Å². The maximum absolute atomic E-state index is 15.9. The molecule has 134 heavy (non-hydrogen) atoms. The van der Waals surface area contributed by atoms with Gasteiger partial charge in [0.05, 0.1) is 47.7 Å². The number of nitrogens with zero attached hydrogens (tertiary/aromatic N) is 2. The Kier molecular flexibility index (Phi) is 35.4. The van der Waals surface area contributed by atoms with Crippen molar-refractivity contribution < 1.29 is 57.8 Å². The van der Waals surface area contributed by atoms with Crippen molar-refractivity contribution in [3.63, 3.8) is 0 Å². The minimum Gasteiger partial charge on any atom is -0.393 e. The van der Waals surface area contributed by atoms with Crippen LogP contribution in [0.25, 0.3) is 32.7 Å². The summed E-state index contributed by atoms with van der Waals surface area (Å²) in [5.74, 6) is -8.38. The molecule has 6 heterocycles. The Balaban J connectivity index is 0.747. The van der Waals surface area contributed by atoms with Gasteiger partial charge in [-0.15, -0.1) is 0 Å². The molecule has 16 N–H and O–H groups in total. The first-order valence-electron chi connectivity index (χ1n) is 48.2. The average Bonchev–Trinajstić information content (AvgIpc) is 1.68. The number of carbonyl (C=O) groups is 11. The highest BCUT2D eigenvalue weighted by molar-refractivity contribution is 8.00. The minimum absolute atomic E-state index is 0.0129. The highest BCUT2D eigenvalue weighted by Gasteiger charge is 2.44. The number of H-pyrrole nitrogens is 3. The standard InChI is InChI=1S/C105H133N15O12S2/c1-64(121)80-54-96(126)85(35-18-19-40-106)116-102(130)72(48-73-55-111-83-33-17-16-30-77(73)83)53-95(125)89(46-66-25-10-5-11-26-66)117-101(129)71(43-65-23-8-4-9-24-65)52-94(124)86(38-22-41-110-105(107)108)115-100(128)70(39-42-109-104(132)90(118-103(80)131)47-67-27-12-6-13-28-67)51-93(123)84(114-97(127)63-134-61-69-45-82-79-32-21-37-88-99(79)75(57-113-88)50-92(82)120(3)59-69)34-15-7-14-29-76(122)62-133-60-68-44-81-78-31-20-36-87-98(78)74(56-112-87)49-91(81)119(2)58-68/h4-6,8-13,16-17,20-21,23-28,30-33,36-37,55-57,64,68-72,80-82,84-86,89-92,111-113,121H,7,14-15,18-19,22,29,34-35,38-54,58-63,106H2,1-3H3,(H,109,132)(H,114,127)(H,115,128)(H,116,130)(H,117,129)(H,118,131)(H4,107,108,110)/t64-,68-,69-,70+,71-,72+,80+,81-,82-,84+,85+,86+,89+,90+,91-,92-/m1/s1. The van der Waals surface area contributed by atoms with Crippen molar-refractivity contribution in [1.29, 1.82) is 5.41 Å². The lowest BCUT2D eigenvalue weighted by Crippen LogP contribution is -2.52. The number of aromatic nitrogens is 3. The molecule has 3 saturated heterocycles. The van der Waals surface area contributed by atoms with Crippen molar-refractivity contribution in [2.75, 3.05) is 69.8 Å². The van der Waals surface area contributed by atoms with Crippen molar-refractivity contribution in [3.8, 4) is 0 Å². The van der Waals surface area contributed by atoms with Gasteiger partial charge in [-0.25, -0.2) is 0 Å². The van der Waals surface area contributed by atoms with E-state index >= 15 is 43.2 Å². The summed E-state index contributed by atoms with van der Waals surface area (Å²) in [7, 11) is 4.40. The highest BCUT2D eigenvalue weighted by Crippen LogP contribution is 2.47. The number of hydrogen-bond donors (Lipinski definition) is 14. The Morgan fingerprint density at radius 1 is 0.522 bits per heavy atom. The van der Waals surface area contributed by atoms with Crippen LogP contribution in [0.2, 0.25) is 0 Å². The summed E-state index contributed by atoms with van der Waals surface area (Å²) in [6, 6.07) is 41.8. The number of likely N-dealkylation sites (tertiary alicyclic amines) is 2. The molecule has 3 fully saturated rings. The number of ketones is 5. The number of nitrogens with two attached hydrogens (primary N) is 2. The number of piperidine rings is 2. The number of aromatic amines is 3. The van der Waals surface area contributed by atoms with Crippen molar-refractivity contribution in [2.45, 2.75) is 215 Å². The number of hydrogen-bond acceptors (Lipinski definition) is 18. The number of Topliss-reactive ketones (excluding diaryl/α,β-unsaturated/α-hetero) is 5. The molecule has 16 atom stereocenters. The monoisotopic (exact) mass is 1860 g/mol. The number of fused-ring (bicyclic) bond motifs is 5. The number of aliphatic hydroxyl groups excluding tert-OH is 1. The molecule has 0 radical (unpaired) electrons. The van der Waals surface area contributed by atoms with Crippen LogP contribution in [-0.4, -0.2) is 218 Å². The van der Waals surface area contributed by atoms with Crippen LogP contribution in [0, 0.1) is 40.9 Å². The number of para-hydroxylation sites is 1. The first kappa shape index (κ1) is 98.9. The third-order valence-corrected chi connectivity index (χ3v) is 30.7. The molecule has 27 nitrogen and oxygen atoms in total. The fourth-order valence-electron chi connectivity index (χ4n) is 21.2. The number of benzene rings is 6. The van der Waals surface area contributed by atoms with E-state index in [1.54, 1.807) is 72.6 Å². The summed E-state index contributed by atoms with van der Waals surface area (Å²) in [5.41, 5.74) is 23.0. The molecule has 0 bridgehead atoms. The van der Waals surface area contributed by atoms with E-state index in [1.165, 1.54) is 57.2 Å². The summed E-state index contributed by atoms with van der Waals surface area (Å²) in [5, 5.41) is 43.8. The van der Waals surface area contributed by atoms with Crippen LogP contribution in [0.5, 0.6) is 0 Å². The Bertz CT molecular complexity index is 5570. The third-order valence-electron chi connectivity index (χ3n) is 28.3. The van der Waals surface area contributed by atoms with E-state index in [4.69, 9.17) is 16.9 Å². The minimum atomic E-state index is -1.48. The molecule has 0 unspecified atom stereocenters. The van der Waals surface area contributed by atoms with Gasteiger partial charge in [0.15, 0.2) is 29.1 Å². The fraction of sp³-hybridized carbons (Fsp3) is 0.486. The summed E-state index contributed by atoms with van der Waals surface area (Å²) in [6.07, 6.45) is 9.06. The smallest absolute Gasteiger partial charge is 0.242 e. The van der Waals surface area contributed by atoms with E-state index in [0.717, 1.165) is 60.9 Å². The van der Waals surface area contributed by atoms with Gasteiger partial charge in [-0.05, 0) is 210 Å². The number of likely N-dealkylation sites (N-methyl/N-ethyl adjacent to an activating group) is 2. The molecule has 3 aliphatic heterocycles. The Hall–Kier alpha value is -11.1. The van der Waals surface area contributed by atoms with Gasteiger partial charge in [0.1, 0.15) is 11.8 Å². The maximum Gasteiger partial charge on any atom is 0.242 e. The molecule has 14 rings (SSSR count). The number of aliphatic hydroxyl groups is 1. The Labute approximate surface area is 793 Å². The number of nitrogens with one attached hydrogen (secondary N) is 11. The summed E-state index contributed by atoms with van der Waals surface area (Å²) < 4.78 is 0. The number of carbonyl (C=O) groups excluding carboxylic acids is 11. The summed E-state index contributed by atoms with van der Waals surface area (Å²) in [6.45, 7) is 3.21. The molecule has 0 spiro atoms. The fourth-order valence-corrected chi connectivity index (χ4v) is 23.2. The normalized spacial score (nSPS) is 24.4. The van der Waals surface area contributed by atoms with E-state index in [2.05, 4.69) is 125 Å². The molecule has 0 saturated carbocycles. The van der Waals surface area contributed by atoms with Crippen molar-refractivity contribution in [3.05, 3.63) is 215 Å². The molecule has 2 aliphatic carbocycles. The van der Waals surface area contributed by atoms with Crippen molar-refractivity contribution in [1.82, 2.24) is 62.0 Å². The van der Waals surface area contributed by atoms with Gasteiger partial charge >= 0.3 is 0 Å². The number of unbranched alkanes of at least 4 members (excludes halogenated alkanes) is 3. The van der Waals surface area contributed by atoms with E-state index in [9.17, 15) is 14.7 Å². The second-order valence-electron chi connectivity index (χ2n) is 38.1. The van der Waals surface area contributed by atoms with E-state index in [-0.39, 0.29) is 107 Å². The Morgan fingerprint density at radius 3 is 1.62 bits per heavy atom. The SMILES string of the molecule is C[C@@H](O)[C@@H]1CC(=O)[C@H](CCCCN)NC(=O)[C@@H](Cc2c[nH]c3ccccc23)CC(=O)[C@H](Cc2ccccc2)NC(=O)[C@H](Cc2ccccc2)CC(=O)[C@H](CCCNC(=N)N)NC(=O)[C@H](CC(=O)[C@H](CCCCCC(=O)CSC[C@@H]2C[C@@H]3c4cccc5[nH]cc(c45)C[C@H]3N(C)C2)NC(=O)CSC[C@@H]2C[C@@H]3c4cccc5[nH]cc(c45)C[C@H]3N(C)C2)CCNC(=O)[C@H](Cc2ccccc2)NC1=O. The quantitative estimate of drug-likeness (QED) is 0.00997. The first-order valence-corrected chi connectivity index (χ1v) is 50.5. The van der Waals surface area contributed by atoms with Crippen LogP contribution in [0.4, 0.5) is 0 Å². The zero-order valence-electron chi connectivity index (χ0n) is 77.3. The van der Waals surface area contributed by atoms with E-state index in [1.807, 2.05) is 60.7 Å². The molecule has 9 aromatic rings. The Morgan fingerprint density at radius 2 is 1.03 bits per heavy atom. The predicted molar refractivity (Wildman–Crippen MR) is 527 cm³/mol. The molecule has 5 aliphatic rings. The molecular formula is C105H133N15O12S2. The average molecular weight is 1860 g/mol. The zero-order valence-corrected chi connectivity index (χ0v) is 79.0. The van der Waals surface area contributed by atoms with Crippen LogP contribution < -0.4 is 48.7 Å². The van der Waals surface area contributed by atoms with Gasteiger partial charge in [0, 0.05) is 158 Å². The van der Waals surface area contributed by atoms with Gasteiger partial charge in [-0.2, -0.15) is 23.5 Å². The van der Waals surface area contributed by atoms with Gasteiger partial charge in [-0.1, -0.05) is 146 Å². The number of amides is 6. The first-order chi connectivity index (χ1) is 64.9. The van der Waals surface area contributed by atoms with Gasteiger partial charge in [0.25, 0.3) is 0 Å². The van der Waals surface area contributed by atoms with Crippen LogP contribution in [-0.2, 0) is 91.3 Å². The van der Waals surface area contributed by atoms with Gasteiger partial charge in [0.2, 0.25) is 35.4 Å². The van der Waals surface area contributed by atoms with Crippen molar-refractivity contribution >= 4 is 127 Å². The molecule has 29 heteroatoms.